The monoisotopic (exact) mass is 618 g/mol. The first kappa shape index (κ1) is 32.4. The van der Waals surface area contributed by atoms with Crippen molar-refractivity contribution in [3.05, 3.63) is 51.5 Å². The molecule has 1 aliphatic heterocycles. The molecule has 1 amide bonds. The maximum absolute atomic E-state index is 13.4. The zero-order chi connectivity index (χ0) is 30.1. The second-order valence-corrected chi connectivity index (χ2v) is 11.8. The van der Waals surface area contributed by atoms with Gasteiger partial charge in [-0.3, -0.25) is 4.79 Å². The Morgan fingerprint density at radius 1 is 1.00 bits per heavy atom. The summed E-state index contributed by atoms with van der Waals surface area (Å²) in [6.07, 6.45) is 7.25. The number of hydrazone groups is 1. The van der Waals surface area contributed by atoms with Crippen LogP contribution in [0.25, 0.3) is 0 Å². The van der Waals surface area contributed by atoms with Crippen molar-refractivity contribution in [2.75, 3.05) is 38.6 Å². The molecule has 230 valence electrons. The van der Waals surface area contributed by atoms with E-state index >= 15 is 0 Å². The number of rotatable bonds is 15. The molecule has 0 bridgehead atoms. The van der Waals surface area contributed by atoms with E-state index in [4.69, 9.17) is 43.5 Å². The summed E-state index contributed by atoms with van der Waals surface area (Å²) in [7, 11) is 0. The van der Waals surface area contributed by atoms with Gasteiger partial charge in [0, 0.05) is 30.5 Å². The van der Waals surface area contributed by atoms with E-state index in [9.17, 15) is 9.90 Å². The minimum atomic E-state index is -0.721. The minimum Gasteiger partial charge on any atom is -0.490 e. The second-order valence-electron chi connectivity index (χ2n) is 11.0. The van der Waals surface area contributed by atoms with Gasteiger partial charge in [0.2, 0.25) is 5.91 Å². The lowest BCUT2D eigenvalue weighted by Gasteiger charge is -2.38. The Labute approximate surface area is 259 Å². The highest BCUT2D eigenvalue weighted by Gasteiger charge is 2.41. The molecule has 3 atom stereocenters. The molecule has 2 aromatic carbocycles. The summed E-state index contributed by atoms with van der Waals surface area (Å²) < 4.78 is 11.6. The number of hydrogen-bond donors (Lipinski definition) is 3. The van der Waals surface area contributed by atoms with Crippen molar-refractivity contribution in [3.63, 3.8) is 0 Å². The lowest BCUT2D eigenvalue weighted by Crippen LogP contribution is -2.46. The summed E-state index contributed by atoms with van der Waals surface area (Å²) in [5, 5.41) is 21.1. The molecule has 8 nitrogen and oxygen atoms in total. The zero-order valence-electron chi connectivity index (χ0n) is 24.7. The molecule has 1 aliphatic carbocycles. The molecule has 0 radical (unpaired) electrons. The first-order valence-electron chi connectivity index (χ1n) is 15.3. The normalized spacial score (nSPS) is 19.3. The lowest BCUT2D eigenvalue weighted by atomic mass is 9.73. The fourth-order valence-electron chi connectivity index (χ4n) is 5.86. The number of halogens is 2. The maximum atomic E-state index is 13.4. The number of amides is 1. The van der Waals surface area contributed by atoms with Gasteiger partial charge in [0.15, 0.2) is 11.5 Å². The Hall–Kier alpha value is -2.52. The third kappa shape index (κ3) is 8.10. The van der Waals surface area contributed by atoms with Crippen LogP contribution in [0.3, 0.4) is 0 Å². The fourth-order valence-corrected chi connectivity index (χ4v) is 6.36. The first-order valence-corrected chi connectivity index (χ1v) is 16.0. The third-order valence-electron chi connectivity index (χ3n) is 8.05. The van der Waals surface area contributed by atoms with E-state index in [0.717, 1.165) is 80.7 Å². The number of nitrogens with one attached hydrogen (secondary N) is 1. The molecule has 42 heavy (non-hydrogen) atoms. The highest BCUT2D eigenvalue weighted by Crippen LogP contribution is 2.39. The Morgan fingerprint density at radius 3 is 2.38 bits per heavy atom. The number of ether oxygens (including phenoxy) is 2. The molecule has 0 aromatic heterocycles. The molecule has 1 heterocycles. The van der Waals surface area contributed by atoms with Crippen molar-refractivity contribution < 1.29 is 19.4 Å². The van der Waals surface area contributed by atoms with E-state index in [2.05, 4.69) is 5.32 Å². The van der Waals surface area contributed by atoms with E-state index in [0.29, 0.717) is 47.6 Å². The maximum Gasteiger partial charge on any atom is 0.246 e. The Kier molecular flexibility index (Phi) is 12.2. The van der Waals surface area contributed by atoms with E-state index in [1.54, 1.807) is 17.1 Å². The number of carbonyl (C=O) groups excluding carboxylic acids is 1. The van der Waals surface area contributed by atoms with Crippen LogP contribution in [-0.4, -0.2) is 54.6 Å². The van der Waals surface area contributed by atoms with Crippen LogP contribution >= 0.6 is 23.2 Å². The highest BCUT2D eigenvalue weighted by molar-refractivity contribution is 6.38. The molecule has 1 fully saturated rings. The summed E-state index contributed by atoms with van der Waals surface area (Å²) >= 11 is 12.2. The second kappa shape index (κ2) is 15.8. The van der Waals surface area contributed by atoms with Crippen LogP contribution in [0.4, 0.5) is 5.69 Å². The van der Waals surface area contributed by atoms with Gasteiger partial charge in [-0.1, -0.05) is 48.9 Å². The molecule has 2 aromatic rings. The van der Waals surface area contributed by atoms with Crippen LogP contribution in [-0.2, 0) is 4.79 Å². The number of nitrogen functional groups attached to an aromatic ring is 1. The van der Waals surface area contributed by atoms with Crippen LogP contribution in [0.15, 0.2) is 35.4 Å². The van der Waals surface area contributed by atoms with Gasteiger partial charge in [-0.05, 0) is 82.0 Å². The van der Waals surface area contributed by atoms with E-state index in [1.165, 1.54) is 0 Å². The van der Waals surface area contributed by atoms with Gasteiger partial charge in [0.25, 0.3) is 0 Å². The number of fused-ring (bicyclic) bond motifs is 1. The quantitative estimate of drug-likeness (QED) is 0.153. The lowest BCUT2D eigenvalue weighted by molar-refractivity contribution is -0.139. The van der Waals surface area contributed by atoms with E-state index in [1.807, 2.05) is 32.0 Å². The van der Waals surface area contributed by atoms with Gasteiger partial charge >= 0.3 is 0 Å². The summed E-state index contributed by atoms with van der Waals surface area (Å²) in [5.41, 5.74) is 8.74. The van der Waals surface area contributed by atoms with Crippen molar-refractivity contribution in [1.29, 1.82) is 0 Å². The molecular weight excluding hydrogens is 575 g/mol. The summed E-state index contributed by atoms with van der Waals surface area (Å²) in [6.45, 7) is 6.84. The summed E-state index contributed by atoms with van der Waals surface area (Å²) in [6, 6.07) is 9.32. The zero-order valence-corrected chi connectivity index (χ0v) is 26.2. The Morgan fingerprint density at radius 2 is 1.67 bits per heavy atom. The van der Waals surface area contributed by atoms with Crippen LogP contribution in [0, 0.1) is 11.8 Å². The highest BCUT2D eigenvalue weighted by atomic mass is 35.5. The minimum absolute atomic E-state index is 0.00481. The smallest absolute Gasteiger partial charge is 0.246 e. The molecule has 0 spiro atoms. The molecule has 4 N–H and O–H groups in total. The summed E-state index contributed by atoms with van der Waals surface area (Å²) in [4.78, 5) is 13.4. The number of aliphatic hydroxyl groups is 1. The van der Waals surface area contributed by atoms with Crippen molar-refractivity contribution in [2.45, 2.75) is 71.3 Å². The van der Waals surface area contributed by atoms with Crippen molar-refractivity contribution in [2.24, 2.45) is 16.9 Å². The van der Waals surface area contributed by atoms with E-state index < -0.39 is 6.10 Å². The number of nitrogens with zero attached hydrogens (tertiary/aromatic N) is 2. The first-order chi connectivity index (χ1) is 20.3. The van der Waals surface area contributed by atoms with Crippen LogP contribution in [0.5, 0.6) is 11.5 Å². The standard InChI is InChI=1S/C32H44Cl2N4O4/c1-3-41-28-14-13-21(19-29(28)42-4-2)31-23-11-7-8-12-24(23)32(40)38(37-31)16-10-6-5-9-15-36-20-27(39)22-17-25(33)30(35)26(34)18-22/h13-14,17-19,23-24,27,36,39H,3-12,15-16,20,35H2,1-2H3/t23-,24+,27?/m1/s1. The Bertz CT molecular complexity index is 1220. The van der Waals surface area contributed by atoms with Crippen molar-refractivity contribution in [1.82, 2.24) is 10.3 Å². The fraction of sp³-hybridized carbons (Fsp3) is 0.562. The Balaban J connectivity index is 1.29. The predicted octanol–water partition coefficient (Wildman–Crippen LogP) is 6.61. The molecule has 2 aliphatic rings. The topological polar surface area (TPSA) is 109 Å². The van der Waals surface area contributed by atoms with Gasteiger partial charge in [-0.25, -0.2) is 5.01 Å². The largest absolute Gasteiger partial charge is 0.490 e. The average molecular weight is 620 g/mol. The van der Waals surface area contributed by atoms with Gasteiger partial charge in [-0.15, -0.1) is 0 Å². The summed E-state index contributed by atoms with van der Waals surface area (Å²) in [5.74, 6) is 1.76. The number of hydrogen-bond acceptors (Lipinski definition) is 7. The van der Waals surface area contributed by atoms with Gasteiger partial charge in [0.1, 0.15) is 0 Å². The van der Waals surface area contributed by atoms with Crippen LogP contribution < -0.4 is 20.5 Å². The van der Waals surface area contributed by atoms with Gasteiger partial charge < -0.3 is 25.6 Å². The van der Waals surface area contributed by atoms with Gasteiger partial charge in [0.05, 0.1) is 40.8 Å². The number of carbonyl (C=O) groups is 1. The van der Waals surface area contributed by atoms with Crippen LogP contribution in [0.2, 0.25) is 10.0 Å². The van der Waals surface area contributed by atoms with Crippen LogP contribution in [0.1, 0.15) is 82.4 Å². The predicted molar refractivity (Wildman–Crippen MR) is 170 cm³/mol. The number of anilines is 1. The molecule has 4 rings (SSSR count). The molecule has 0 saturated heterocycles. The van der Waals surface area contributed by atoms with Crippen molar-refractivity contribution >= 4 is 40.5 Å². The van der Waals surface area contributed by atoms with Crippen molar-refractivity contribution in [3.8, 4) is 11.5 Å². The number of aliphatic hydroxyl groups excluding tert-OH is 1. The van der Waals surface area contributed by atoms with E-state index in [-0.39, 0.29) is 17.7 Å². The molecule has 1 unspecified atom stereocenters. The average Bonchev–Trinajstić information content (AvgIpc) is 2.99. The SMILES string of the molecule is CCOc1ccc(C2=NN(CCCCCCNCC(O)c3cc(Cl)c(N)c(Cl)c3)C(=O)[C@H]3CCCC[C@@H]23)cc1OCC. The molecular formula is C32H44Cl2N4O4. The number of nitrogens with two attached hydrogens (primary N) is 1. The third-order valence-corrected chi connectivity index (χ3v) is 8.68. The molecule has 10 heteroatoms. The number of benzene rings is 2. The molecule has 1 saturated carbocycles. The van der Waals surface area contributed by atoms with Gasteiger partial charge in [-0.2, -0.15) is 5.10 Å². The number of unbranched alkanes of at least 4 members (excludes halogenated alkanes) is 3.